The minimum atomic E-state index is -1.27. The molecule has 7 heteroatoms. The number of rotatable bonds is 9. The molecule has 0 radical (unpaired) electrons. The zero-order chi connectivity index (χ0) is 17.5. The van der Waals surface area contributed by atoms with Gasteiger partial charge in [0.2, 0.25) is 0 Å². The summed E-state index contributed by atoms with van der Waals surface area (Å²) < 4.78 is 24.9. The average Bonchev–Trinajstić information content (AvgIpc) is 2.91. The van der Waals surface area contributed by atoms with Gasteiger partial charge in [-0.25, -0.2) is 9.18 Å². The maximum atomic E-state index is 13.8. The standard InChI is InChI=1S/C17H22FNO4S/c1-3-4-7-22-8-9-23-15-11(2)24-16(19-15)12-5-6-13(17(20)21)14(18)10-12/h5-6,10,16,19H,3-4,7-9H2,1-2H3,(H,20,21). The van der Waals surface area contributed by atoms with Crippen LogP contribution in [0.3, 0.4) is 0 Å². The van der Waals surface area contributed by atoms with Gasteiger partial charge in [0.25, 0.3) is 0 Å². The van der Waals surface area contributed by atoms with Crippen LogP contribution in [0.5, 0.6) is 0 Å². The van der Waals surface area contributed by atoms with Crippen LogP contribution >= 0.6 is 11.8 Å². The number of carboxylic acids is 1. The Morgan fingerprint density at radius 2 is 2.17 bits per heavy atom. The molecule has 5 nitrogen and oxygen atoms in total. The maximum Gasteiger partial charge on any atom is 0.338 e. The van der Waals surface area contributed by atoms with Crippen LogP contribution in [0.4, 0.5) is 4.39 Å². The van der Waals surface area contributed by atoms with E-state index >= 15 is 0 Å². The van der Waals surface area contributed by atoms with Crippen molar-refractivity contribution >= 4 is 17.7 Å². The molecule has 0 spiro atoms. The van der Waals surface area contributed by atoms with Crippen LogP contribution < -0.4 is 5.32 Å². The highest BCUT2D eigenvalue weighted by atomic mass is 32.2. The Morgan fingerprint density at radius 1 is 1.38 bits per heavy atom. The molecule has 1 aromatic rings. The smallest absolute Gasteiger partial charge is 0.338 e. The van der Waals surface area contributed by atoms with Crippen molar-refractivity contribution in [1.29, 1.82) is 0 Å². The summed E-state index contributed by atoms with van der Waals surface area (Å²) in [6.07, 6.45) is 2.14. The molecule has 1 aliphatic rings. The van der Waals surface area contributed by atoms with E-state index in [1.807, 2.05) is 6.92 Å². The third-order valence-electron chi connectivity index (χ3n) is 3.52. The van der Waals surface area contributed by atoms with Gasteiger partial charge >= 0.3 is 5.97 Å². The van der Waals surface area contributed by atoms with Crippen LogP contribution in [0.15, 0.2) is 29.0 Å². The molecule has 2 N–H and O–H groups in total. The monoisotopic (exact) mass is 355 g/mol. The van der Waals surface area contributed by atoms with E-state index in [1.54, 1.807) is 6.07 Å². The predicted molar refractivity (Wildman–Crippen MR) is 91.2 cm³/mol. The number of aromatic carboxylic acids is 1. The second-order valence-electron chi connectivity index (χ2n) is 5.39. The zero-order valence-electron chi connectivity index (χ0n) is 13.8. The Kier molecular flexibility index (Phi) is 6.93. The van der Waals surface area contributed by atoms with Crippen molar-refractivity contribution in [3.05, 3.63) is 45.9 Å². The van der Waals surface area contributed by atoms with Crippen LogP contribution in [-0.2, 0) is 9.47 Å². The summed E-state index contributed by atoms with van der Waals surface area (Å²) in [7, 11) is 0. The molecule has 1 heterocycles. The van der Waals surface area contributed by atoms with Crippen molar-refractivity contribution < 1.29 is 23.8 Å². The summed E-state index contributed by atoms with van der Waals surface area (Å²) >= 11 is 1.51. The molecule has 1 unspecified atom stereocenters. The number of hydrogen-bond acceptors (Lipinski definition) is 5. The molecular formula is C17H22FNO4S. The SMILES string of the molecule is CCCCOCCOC1=C(C)SC(c2ccc(C(=O)O)c(F)c2)N1. The van der Waals surface area contributed by atoms with Crippen LogP contribution in [0.1, 0.15) is 48.0 Å². The fourth-order valence-corrected chi connectivity index (χ4v) is 3.22. The van der Waals surface area contributed by atoms with E-state index in [4.69, 9.17) is 14.6 Å². The van der Waals surface area contributed by atoms with E-state index in [-0.39, 0.29) is 10.9 Å². The fraction of sp³-hybridized carbons (Fsp3) is 0.471. The Bertz CT molecular complexity index is 621. The molecule has 2 rings (SSSR count). The number of allylic oxidation sites excluding steroid dienone is 1. The van der Waals surface area contributed by atoms with Gasteiger partial charge < -0.3 is 19.9 Å². The Hall–Kier alpha value is -1.73. The minimum absolute atomic E-state index is 0.196. The molecule has 0 bridgehead atoms. The van der Waals surface area contributed by atoms with Gasteiger partial charge in [-0.1, -0.05) is 31.2 Å². The molecule has 24 heavy (non-hydrogen) atoms. The molecule has 0 aliphatic carbocycles. The number of halogens is 1. The van der Waals surface area contributed by atoms with Crippen LogP contribution in [0.2, 0.25) is 0 Å². The second kappa shape index (κ2) is 8.94. The first-order chi connectivity index (χ1) is 11.5. The second-order valence-corrected chi connectivity index (χ2v) is 6.71. The highest BCUT2D eigenvalue weighted by Gasteiger charge is 2.25. The van der Waals surface area contributed by atoms with Gasteiger partial charge in [0.05, 0.1) is 12.2 Å². The van der Waals surface area contributed by atoms with Gasteiger partial charge in [-0.3, -0.25) is 0 Å². The Morgan fingerprint density at radius 3 is 2.83 bits per heavy atom. The van der Waals surface area contributed by atoms with Crippen molar-refractivity contribution in [3.8, 4) is 0 Å². The summed E-state index contributed by atoms with van der Waals surface area (Å²) in [5, 5.41) is 11.9. The van der Waals surface area contributed by atoms with E-state index in [2.05, 4.69) is 12.2 Å². The predicted octanol–water partition coefficient (Wildman–Crippen LogP) is 3.88. The molecule has 1 atom stereocenters. The van der Waals surface area contributed by atoms with Gasteiger partial charge in [0, 0.05) is 11.5 Å². The van der Waals surface area contributed by atoms with E-state index in [1.165, 1.54) is 23.9 Å². The van der Waals surface area contributed by atoms with Crippen molar-refractivity contribution in [2.45, 2.75) is 32.1 Å². The molecule has 1 aromatic carbocycles. The van der Waals surface area contributed by atoms with Gasteiger partial charge in [-0.15, -0.1) is 0 Å². The number of hydrogen-bond donors (Lipinski definition) is 2. The van der Waals surface area contributed by atoms with Gasteiger partial charge in [-0.2, -0.15) is 0 Å². The highest BCUT2D eigenvalue weighted by Crippen LogP contribution is 2.40. The van der Waals surface area contributed by atoms with Crippen molar-refractivity contribution in [2.24, 2.45) is 0 Å². The molecule has 1 aliphatic heterocycles. The number of unbranched alkanes of at least 4 members (excludes halogenated alkanes) is 1. The van der Waals surface area contributed by atoms with E-state index in [0.717, 1.165) is 24.4 Å². The highest BCUT2D eigenvalue weighted by molar-refractivity contribution is 8.03. The minimum Gasteiger partial charge on any atom is -0.478 e. The van der Waals surface area contributed by atoms with E-state index < -0.39 is 11.8 Å². The summed E-state index contributed by atoms with van der Waals surface area (Å²) in [5.74, 6) is -1.35. The molecular weight excluding hydrogens is 333 g/mol. The van der Waals surface area contributed by atoms with Crippen molar-refractivity contribution in [1.82, 2.24) is 5.32 Å². The Balaban J connectivity index is 1.86. The summed E-state index contributed by atoms with van der Waals surface area (Å²) in [6.45, 7) is 5.74. The molecule has 0 saturated heterocycles. The lowest BCUT2D eigenvalue weighted by Gasteiger charge is -2.14. The maximum absolute atomic E-state index is 13.8. The molecule has 132 valence electrons. The molecule has 0 fully saturated rings. The number of ether oxygens (including phenoxy) is 2. The van der Waals surface area contributed by atoms with Crippen LogP contribution in [0.25, 0.3) is 0 Å². The summed E-state index contributed by atoms with van der Waals surface area (Å²) in [6, 6.07) is 4.14. The lowest BCUT2D eigenvalue weighted by atomic mass is 10.1. The van der Waals surface area contributed by atoms with Gasteiger partial charge in [-0.05, 0) is 31.0 Å². The van der Waals surface area contributed by atoms with Crippen LogP contribution in [0, 0.1) is 5.82 Å². The normalized spacial score (nSPS) is 17.0. The number of benzene rings is 1. The number of nitrogens with one attached hydrogen (secondary N) is 1. The van der Waals surface area contributed by atoms with Crippen molar-refractivity contribution in [3.63, 3.8) is 0 Å². The summed E-state index contributed by atoms with van der Waals surface area (Å²) in [5.41, 5.74) is 0.340. The van der Waals surface area contributed by atoms with Crippen molar-refractivity contribution in [2.75, 3.05) is 19.8 Å². The molecule has 0 aromatic heterocycles. The molecule has 0 saturated carbocycles. The van der Waals surface area contributed by atoms with E-state index in [0.29, 0.717) is 24.7 Å². The number of carboxylic acid groups (broad SMARTS) is 1. The van der Waals surface area contributed by atoms with Gasteiger partial charge in [0.1, 0.15) is 17.8 Å². The first kappa shape index (κ1) is 18.6. The summed E-state index contributed by atoms with van der Waals surface area (Å²) in [4.78, 5) is 11.8. The fourth-order valence-electron chi connectivity index (χ4n) is 2.19. The number of thioether (sulfide) groups is 1. The van der Waals surface area contributed by atoms with Crippen LogP contribution in [-0.4, -0.2) is 30.9 Å². The lowest BCUT2D eigenvalue weighted by Crippen LogP contribution is -2.17. The number of carbonyl (C=O) groups is 1. The largest absolute Gasteiger partial charge is 0.478 e. The van der Waals surface area contributed by atoms with E-state index in [9.17, 15) is 9.18 Å². The Labute approximate surface area is 145 Å². The molecule has 0 amide bonds. The topological polar surface area (TPSA) is 67.8 Å². The van der Waals surface area contributed by atoms with Gasteiger partial charge in [0.15, 0.2) is 5.88 Å². The lowest BCUT2D eigenvalue weighted by molar-refractivity contribution is 0.0688. The average molecular weight is 355 g/mol. The third kappa shape index (κ3) is 4.88. The zero-order valence-corrected chi connectivity index (χ0v) is 14.6. The quantitative estimate of drug-likeness (QED) is 0.655. The first-order valence-electron chi connectivity index (χ1n) is 7.90. The third-order valence-corrected chi connectivity index (χ3v) is 4.68. The first-order valence-corrected chi connectivity index (χ1v) is 8.78.